The molecule has 4 rings (SSSR count). The minimum atomic E-state index is -0.875. The molecule has 6 heteroatoms. The van der Waals surface area contributed by atoms with Gasteiger partial charge in [-0.25, -0.2) is 0 Å². The summed E-state index contributed by atoms with van der Waals surface area (Å²) in [6, 6.07) is 13.4. The monoisotopic (exact) mass is 364 g/mol. The van der Waals surface area contributed by atoms with Crippen LogP contribution in [0.15, 0.2) is 48.5 Å². The third-order valence-electron chi connectivity index (χ3n) is 5.56. The zero-order valence-corrected chi connectivity index (χ0v) is 15.2. The molecule has 6 nitrogen and oxygen atoms in total. The van der Waals surface area contributed by atoms with E-state index in [1.165, 1.54) is 7.11 Å². The molecule has 0 spiro atoms. The van der Waals surface area contributed by atoms with Crippen LogP contribution in [0.5, 0.6) is 5.75 Å². The number of hydrogen-bond acceptors (Lipinski definition) is 4. The molecule has 2 heterocycles. The summed E-state index contributed by atoms with van der Waals surface area (Å²) in [5, 5.41) is 2.95. The number of fused-ring (bicyclic) bond motifs is 2. The number of ketones is 1. The standard InChI is InChI=1S/C21H20N2O4/c1-21-12-23(20(26)15-9-5-6-10-16(15)27-2)11-17(21)22-19(25)14-8-4-3-7-13(14)18(21)24/h3-10,17H,11-12H2,1-2H3,(H,22,25)/t17-,21+/m1/s1. The van der Waals surface area contributed by atoms with Crippen molar-refractivity contribution in [3.8, 4) is 5.75 Å². The average molecular weight is 364 g/mol. The molecular formula is C21H20N2O4. The molecule has 0 bridgehead atoms. The van der Waals surface area contributed by atoms with E-state index in [0.717, 1.165) is 0 Å². The van der Waals surface area contributed by atoms with Gasteiger partial charge in [0.1, 0.15) is 5.75 Å². The van der Waals surface area contributed by atoms with Gasteiger partial charge >= 0.3 is 0 Å². The minimum absolute atomic E-state index is 0.114. The number of hydrogen-bond donors (Lipinski definition) is 1. The van der Waals surface area contributed by atoms with E-state index in [-0.39, 0.29) is 30.7 Å². The molecule has 0 radical (unpaired) electrons. The van der Waals surface area contributed by atoms with Crippen molar-refractivity contribution in [3.05, 3.63) is 65.2 Å². The maximum Gasteiger partial charge on any atom is 0.257 e. The van der Waals surface area contributed by atoms with E-state index < -0.39 is 11.5 Å². The Bertz CT molecular complexity index is 955. The lowest BCUT2D eigenvalue weighted by atomic mass is 9.78. The number of nitrogens with one attached hydrogen (secondary N) is 1. The number of benzene rings is 2. The molecule has 0 aromatic heterocycles. The fraction of sp³-hybridized carbons (Fsp3) is 0.286. The van der Waals surface area contributed by atoms with E-state index in [4.69, 9.17) is 4.74 Å². The molecule has 138 valence electrons. The van der Waals surface area contributed by atoms with Crippen LogP contribution in [0, 0.1) is 5.41 Å². The Morgan fingerprint density at radius 1 is 1.11 bits per heavy atom. The molecule has 1 fully saturated rings. The maximum absolute atomic E-state index is 13.3. The van der Waals surface area contributed by atoms with Gasteiger partial charge in [0.25, 0.3) is 11.8 Å². The Morgan fingerprint density at radius 3 is 2.52 bits per heavy atom. The van der Waals surface area contributed by atoms with Gasteiger partial charge in [0.15, 0.2) is 5.78 Å². The lowest BCUT2D eigenvalue weighted by Crippen LogP contribution is -2.47. The van der Waals surface area contributed by atoms with Crippen LogP contribution in [0.2, 0.25) is 0 Å². The van der Waals surface area contributed by atoms with E-state index in [9.17, 15) is 14.4 Å². The highest BCUT2D eigenvalue weighted by molar-refractivity contribution is 6.13. The van der Waals surface area contributed by atoms with Crippen molar-refractivity contribution in [1.29, 1.82) is 0 Å². The number of ether oxygens (including phenoxy) is 1. The molecule has 0 saturated carbocycles. The van der Waals surface area contributed by atoms with Crippen LogP contribution in [-0.4, -0.2) is 48.7 Å². The fourth-order valence-electron chi connectivity index (χ4n) is 4.00. The molecule has 0 aliphatic carbocycles. The quantitative estimate of drug-likeness (QED) is 0.886. The molecular weight excluding hydrogens is 344 g/mol. The van der Waals surface area contributed by atoms with Gasteiger partial charge in [-0.2, -0.15) is 0 Å². The van der Waals surface area contributed by atoms with Crippen molar-refractivity contribution >= 4 is 17.6 Å². The second-order valence-corrected chi connectivity index (χ2v) is 7.20. The van der Waals surface area contributed by atoms with Gasteiger partial charge in [0, 0.05) is 18.7 Å². The Balaban J connectivity index is 1.69. The average Bonchev–Trinajstić information content (AvgIpc) is 3.00. The first-order chi connectivity index (χ1) is 13.0. The van der Waals surface area contributed by atoms with Crippen LogP contribution in [0.25, 0.3) is 0 Å². The molecule has 2 atom stereocenters. The van der Waals surface area contributed by atoms with Gasteiger partial charge in [-0.15, -0.1) is 0 Å². The Morgan fingerprint density at radius 2 is 1.78 bits per heavy atom. The number of carbonyl (C=O) groups excluding carboxylic acids is 3. The number of likely N-dealkylation sites (tertiary alicyclic amines) is 1. The van der Waals surface area contributed by atoms with Gasteiger partial charge < -0.3 is 15.0 Å². The summed E-state index contributed by atoms with van der Waals surface area (Å²) in [4.78, 5) is 40.5. The van der Waals surface area contributed by atoms with E-state index in [0.29, 0.717) is 22.4 Å². The number of rotatable bonds is 2. The first-order valence-electron chi connectivity index (χ1n) is 8.82. The number of nitrogens with zero attached hydrogens (tertiary/aromatic N) is 1. The first-order valence-corrected chi connectivity index (χ1v) is 8.82. The molecule has 27 heavy (non-hydrogen) atoms. The Labute approximate surface area is 157 Å². The summed E-state index contributed by atoms with van der Waals surface area (Å²) >= 11 is 0. The smallest absolute Gasteiger partial charge is 0.257 e. The Kier molecular flexibility index (Phi) is 3.98. The topological polar surface area (TPSA) is 75.7 Å². The molecule has 2 aromatic carbocycles. The number of carbonyl (C=O) groups is 3. The van der Waals surface area contributed by atoms with E-state index in [2.05, 4.69) is 5.32 Å². The molecule has 2 aliphatic heterocycles. The van der Waals surface area contributed by atoms with Crippen molar-refractivity contribution in [2.45, 2.75) is 13.0 Å². The van der Waals surface area contributed by atoms with Gasteiger partial charge in [-0.05, 0) is 25.1 Å². The molecule has 1 saturated heterocycles. The maximum atomic E-state index is 13.3. The zero-order chi connectivity index (χ0) is 19.2. The van der Waals surface area contributed by atoms with Crippen molar-refractivity contribution in [2.75, 3.05) is 20.2 Å². The highest BCUT2D eigenvalue weighted by Crippen LogP contribution is 2.38. The van der Waals surface area contributed by atoms with E-state index >= 15 is 0 Å². The first kappa shape index (κ1) is 17.3. The molecule has 1 N–H and O–H groups in total. The summed E-state index contributed by atoms with van der Waals surface area (Å²) < 4.78 is 5.29. The van der Waals surface area contributed by atoms with Crippen LogP contribution in [0.4, 0.5) is 0 Å². The van der Waals surface area contributed by atoms with Gasteiger partial charge in [-0.3, -0.25) is 14.4 Å². The van der Waals surface area contributed by atoms with Crippen molar-refractivity contribution in [2.24, 2.45) is 5.41 Å². The number of para-hydroxylation sites is 1. The lowest BCUT2D eigenvalue weighted by Gasteiger charge is -2.26. The SMILES string of the molecule is COc1ccccc1C(=O)N1C[C@H]2NC(=O)c3ccccc3C(=O)[C@@]2(C)C1. The minimum Gasteiger partial charge on any atom is -0.496 e. The third kappa shape index (κ3) is 2.60. The van der Waals surface area contributed by atoms with Gasteiger partial charge in [-0.1, -0.05) is 30.3 Å². The summed E-state index contributed by atoms with van der Waals surface area (Å²) in [7, 11) is 1.52. The third-order valence-corrected chi connectivity index (χ3v) is 5.56. The number of methoxy groups -OCH3 is 1. The van der Waals surface area contributed by atoms with Crippen LogP contribution in [0.1, 0.15) is 38.0 Å². The molecule has 2 aromatic rings. The second-order valence-electron chi connectivity index (χ2n) is 7.20. The molecule has 2 aliphatic rings. The summed E-state index contributed by atoms with van der Waals surface area (Å²) in [5.74, 6) is -0.117. The van der Waals surface area contributed by atoms with E-state index in [1.54, 1.807) is 53.4 Å². The van der Waals surface area contributed by atoms with E-state index in [1.807, 2.05) is 6.92 Å². The van der Waals surface area contributed by atoms with Crippen LogP contribution in [-0.2, 0) is 0 Å². The second kappa shape index (κ2) is 6.23. The van der Waals surface area contributed by atoms with Crippen molar-refractivity contribution < 1.29 is 19.1 Å². The summed E-state index contributed by atoms with van der Waals surface area (Å²) in [5.41, 5.74) is 0.367. The summed E-state index contributed by atoms with van der Waals surface area (Å²) in [6.07, 6.45) is 0. The normalized spacial score (nSPS) is 23.9. The highest BCUT2D eigenvalue weighted by Gasteiger charge is 2.53. The van der Waals surface area contributed by atoms with Crippen LogP contribution >= 0.6 is 0 Å². The number of Topliss-reactive ketones (excluding diaryl/α,β-unsaturated/α-hetero) is 1. The predicted octanol–water partition coefficient (Wildman–Crippen LogP) is 2.15. The number of amides is 2. The fourth-order valence-corrected chi connectivity index (χ4v) is 4.00. The zero-order valence-electron chi connectivity index (χ0n) is 15.2. The van der Waals surface area contributed by atoms with Crippen molar-refractivity contribution in [1.82, 2.24) is 10.2 Å². The van der Waals surface area contributed by atoms with Gasteiger partial charge in [0.05, 0.1) is 29.7 Å². The lowest BCUT2D eigenvalue weighted by molar-refractivity contribution is 0.0738. The largest absolute Gasteiger partial charge is 0.496 e. The molecule has 0 unspecified atom stereocenters. The van der Waals surface area contributed by atoms with Crippen LogP contribution in [0.3, 0.4) is 0 Å². The van der Waals surface area contributed by atoms with Crippen LogP contribution < -0.4 is 10.1 Å². The summed E-state index contributed by atoms with van der Waals surface area (Å²) in [6.45, 7) is 2.33. The predicted molar refractivity (Wildman–Crippen MR) is 99.0 cm³/mol. The molecule has 2 amide bonds. The highest BCUT2D eigenvalue weighted by atomic mass is 16.5. The van der Waals surface area contributed by atoms with Gasteiger partial charge in [0.2, 0.25) is 0 Å². The Hall–Kier alpha value is -3.15. The van der Waals surface area contributed by atoms with Crippen molar-refractivity contribution in [3.63, 3.8) is 0 Å².